The maximum Gasteiger partial charge on any atom is 0.290 e. The molecular weight excluding hydrogens is 438 g/mol. The monoisotopic (exact) mass is 473 g/mol. The molecule has 0 aromatic carbocycles. The van der Waals surface area contributed by atoms with E-state index in [2.05, 4.69) is 47.8 Å². The normalized spacial score (nSPS) is 20.7. The molecule has 0 spiro atoms. The van der Waals surface area contributed by atoms with Gasteiger partial charge >= 0.3 is 0 Å². The third-order valence-corrected chi connectivity index (χ3v) is 7.27. The van der Waals surface area contributed by atoms with E-state index in [-0.39, 0.29) is 16.8 Å². The first-order valence-corrected chi connectivity index (χ1v) is 12.8. The van der Waals surface area contributed by atoms with Gasteiger partial charge in [-0.1, -0.05) is 37.9 Å². The van der Waals surface area contributed by atoms with Crippen molar-refractivity contribution in [3.63, 3.8) is 0 Å². The summed E-state index contributed by atoms with van der Waals surface area (Å²) < 4.78 is 7.13. The minimum Gasteiger partial charge on any atom is -0.366 e. The third kappa shape index (κ3) is 5.26. The largest absolute Gasteiger partial charge is 0.366 e. The van der Waals surface area contributed by atoms with Crippen molar-refractivity contribution in [2.45, 2.75) is 71.6 Å². The molecule has 0 amide bonds. The van der Waals surface area contributed by atoms with Crippen LogP contribution in [0.1, 0.15) is 75.7 Å². The summed E-state index contributed by atoms with van der Waals surface area (Å²) in [5, 5.41) is 4.66. The van der Waals surface area contributed by atoms with Gasteiger partial charge in [0.1, 0.15) is 5.02 Å². The number of hydrogen-bond acceptors (Lipinski definition) is 6. The van der Waals surface area contributed by atoms with E-state index in [9.17, 15) is 4.79 Å². The molecule has 33 heavy (non-hydrogen) atoms. The van der Waals surface area contributed by atoms with Gasteiger partial charge in [-0.15, -0.1) is 0 Å². The first-order chi connectivity index (χ1) is 16.0. The molecule has 0 aliphatic carbocycles. The van der Waals surface area contributed by atoms with Crippen LogP contribution in [0, 0.1) is 0 Å². The molecule has 2 aromatic heterocycles. The van der Waals surface area contributed by atoms with Gasteiger partial charge in [0.05, 0.1) is 11.9 Å². The number of nitrogens with zero attached hydrogens (tertiary/aromatic N) is 5. The summed E-state index contributed by atoms with van der Waals surface area (Å²) in [6.07, 6.45) is 7.37. The third-order valence-electron chi connectivity index (χ3n) is 6.91. The summed E-state index contributed by atoms with van der Waals surface area (Å²) in [6.45, 7) is 10.7. The van der Waals surface area contributed by atoms with Crippen LogP contribution in [-0.2, 0) is 17.6 Å². The number of hydrogen-bond donors (Lipinski definition) is 0. The van der Waals surface area contributed by atoms with Gasteiger partial charge < -0.3 is 9.64 Å². The Balaban J connectivity index is 1.44. The van der Waals surface area contributed by atoms with Crippen molar-refractivity contribution in [1.82, 2.24) is 19.7 Å². The van der Waals surface area contributed by atoms with E-state index in [0.29, 0.717) is 12.6 Å². The molecule has 2 atom stereocenters. The molecule has 4 heterocycles. The summed E-state index contributed by atoms with van der Waals surface area (Å²) in [5.74, 6) is 0. The van der Waals surface area contributed by atoms with Crippen LogP contribution in [0.4, 0.5) is 5.69 Å². The lowest BCUT2D eigenvalue weighted by atomic mass is 10.0. The summed E-state index contributed by atoms with van der Waals surface area (Å²) in [5.41, 5.74) is 4.17. The summed E-state index contributed by atoms with van der Waals surface area (Å²) in [7, 11) is 0. The molecule has 180 valence electrons. The Hall–Kier alpha value is -1.96. The van der Waals surface area contributed by atoms with Crippen LogP contribution in [0.25, 0.3) is 0 Å². The van der Waals surface area contributed by atoms with E-state index in [1.54, 1.807) is 6.20 Å². The highest BCUT2D eigenvalue weighted by Gasteiger charge is 2.27. The van der Waals surface area contributed by atoms with E-state index >= 15 is 0 Å². The zero-order valence-corrected chi connectivity index (χ0v) is 20.9. The van der Waals surface area contributed by atoms with Crippen molar-refractivity contribution in [2.75, 3.05) is 37.7 Å². The fourth-order valence-corrected chi connectivity index (χ4v) is 5.20. The smallest absolute Gasteiger partial charge is 0.290 e. The lowest BCUT2D eigenvalue weighted by Gasteiger charge is -2.39. The van der Waals surface area contributed by atoms with Crippen LogP contribution < -0.4 is 10.5 Å². The van der Waals surface area contributed by atoms with Gasteiger partial charge in [-0.3, -0.25) is 14.7 Å². The van der Waals surface area contributed by atoms with Crippen molar-refractivity contribution < 1.29 is 4.74 Å². The summed E-state index contributed by atoms with van der Waals surface area (Å²) in [4.78, 5) is 22.5. The molecule has 4 rings (SSSR count). The van der Waals surface area contributed by atoms with E-state index in [0.717, 1.165) is 70.4 Å². The Kier molecular flexibility index (Phi) is 8.04. The average Bonchev–Trinajstić information content (AvgIpc) is 2.86. The number of halogens is 1. The van der Waals surface area contributed by atoms with E-state index < -0.39 is 0 Å². The molecule has 2 saturated heterocycles. The summed E-state index contributed by atoms with van der Waals surface area (Å²) >= 11 is 6.53. The Morgan fingerprint density at radius 1 is 1.18 bits per heavy atom. The second kappa shape index (κ2) is 11.0. The van der Waals surface area contributed by atoms with Crippen molar-refractivity contribution >= 4 is 17.3 Å². The Morgan fingerprint density at radius 2 is 1.97 bits per heavy atom. The molecule has 0 saturated carbocycles. The Morgan fingerprint density at radius 3 is 2.64 bits per heavy atom. The molecule has 2 fully saturated rings. The van der Waals surface area contributed by atoms with Crippen LogP contribution in [0.15, 0.2) is 23.1 Å². The first-order valence-electron chi connectivity index (χ1n) is 12.4. The zero-order valence-electron chi connectivity index (χ0n) is 20.1. The van der Waals surface area contributed by atoms with E-state index in [4.69, 9.17) is 21.3 Å². The number of pyridine rings is 1. The van der Waals surface area contributed by atoms with Crippen molar-refractivity contribution in [3.8, 4) is 0 Å². The number of anilines is 1. The van der Waals surface area contributed by atoms with Gasteiger partial charge in [0.2, 0.25) is 0 Å². The summed E-state index contributed by atoms with van der Waals surface area (Å²) in [6, 6.07) is 4.75. The molecule has 0 radical (unpaired) electrons. The molecule has 2 aliphatic heterocycles. The van der Waals surface area contributed by atoms with Crippen LogP contribution in [-0.4, -0.2) is 52.5 Å². The molecular formula is C25H36ClN5O2. The highest BCUT2D eigenvalue weighted by atomic mass is 35.5. The van der Waals surface area contributed by atoms with Crippen LogP contribution in [0.3, 0.4) is 0 Å². The van der Waals surface area contributed by atoms with Crippen molar-refractivity contribution in [1.29, 1.82) is 0 Å². The SMILES string of the molecule is CCCc1ccc(C(C)N2CCN(c3cnn(C4CCCCO4)c(=O)c3Cl)CC2)c(CC)n1. The number of ether oxygens (including phenoxy) is 1. The molecule has 0 N–H and O–H groups in total. The van der Waals surface area contributed by atoms with Gasteiger partial charge in [-0.05, 0) is 50.7 Å². The topological polar surface area (TPSA) is 63.5 Å². The van der Waals surface area contributed by atoms with Gasteiger partial charge in [0.25, 0.3) is 5.56 Å². The molecule has 2 unspecified atom stereocenters. The minimum absolute atomic E-state index is 0.240. The number of aryl methyl sites for hydroxylation is 2. The highest BCUT2D eigenvalue weighted by molar-refractivity contribution is 6.33. The molecule has 0 bridgehead atoms. The maximum atomic E-state index is 12.9. The second-order valence-corrected chi connectivity index (χ2v) is 9.43. The molecule has 8 heteroatoms. The van der Waals surface area contributed by atoms with Crippen molar-refractivity contribution in [3.05, 3.63) is 50.7 Å². The average molecular weight is 474 g/mol. The van der Waals surface area contributed by atoms with Crippen LogP contribution in [0.5, 0.6) is 0 Å². The number of piperazine rings is 1. The highest BCUT2D eigenvalue weighted by Crippen LogP contribution is 2.29. The first kappa shape index (κ1) is 24.2. The van der Waals surface area contributed by atoms with E-state index in [1.165, 1.54) is 21.6 Å². The lowest BCUT2D eigenvalue weighted by molar-refractivity contribution is -0.0424. The number of aromatic nitrogens is 3. The van der Waals surface area contributed by atoms with Gasteiger partial charge in [-0.2, -0.15) is 9.78 Å². The Bertz CT molecular complexity index is 997. The number of rotatable bonds is 7. The maximum absolute atomic E-state index is 12.9. The predicted octanol–water partition coefficient (Wildman–Crippen LogP) is 4.39. The second-order valence-electron chi connectivity index (χ2n) is 9.06. The fraction of sp³-hybridized carbons (Fsp3) is 0.640. The van der Waals surface area contributed by atoms with Gasteiger partial charge in [-0.25, -0.2) is 0 Å². The standard InChI is InChI=1S/C25H36ClN5O2/c1-4-8-19-10-11-20(21(5-2)28-19)18(3)29-12-14-30(15-13-29)22-17-27-31(25(32)24(22)26)23-9-6-7-16-33-23/h10-11,17-18,23H,4-9,12-16H2,1-3H3. The predicted molar refractivity (Wildman–Crippen MR) is 132 cm³/mol. The fourth-order valence-electron chi connectivity index (χ4n) is 4.94. The molecule has 2 aliphatic rings. The molecule has 2 aromatic rings. The zero-order chi connectivity index (χ0) is 23.4. The van der Waals surface area contributed by atoms with Crippen LogP contribution in [0.2, 0.25) is 5.02 Å². The quantitative estimate of drug-likeness (QED) is 0.594. The molecule has 7 nitrogen and oxygen atoms in total. The van der Waals surface area contributed by atoms with Crippen molar-refractivity contribution in [2.24, 2.45) is 0 Å². The van der Waals surface area contributed by atoms with Gasteiger partial charge in [0.15, 0.2) is 6.23 Å². The Labute approximate surface area is 201 Å². The minimum atomic E-state index is -0.305. The van der Waals surface area contributed by atoms with E-state index in [1.807, 2.05) is 0 Å². The lowest BCUT2D eigenvalue weighted by Crippen LogP contribution is -2.48. The van der Waals surface area contributed by atoms with Gasteiger partial charge in [0, 0.05) is 50.2 Å². The van der Waals surface area contributed by atoms with Crippen LogP contribution >= 0.6 is 11.6 Å².